The molecular weight excluding hydrogens is 192 g/mol. The molecule has 0 aromatic heterocycles. The summed E-state index contributed by atoms with van der Waals surface area (Å²) in [5.74, 6) is 0.580. The molecule has 0 aliphatic carbocycles. The third kappa shape index (κ3) is 3.53. The normalized spacial score (nSPS) is 20.1. The molecule has 1 rings (SSSR count). The number of carbonyl (C=O) groups is 2. The fourth-order valence-electron chi connectivity index (χ4n) is 1.99. The van der Waals surface area contributed by atoms with E-state index in [0.29, 0.717) is 18.9 Å². The Balaban J connectivity index is 2.58. The lowest BCUT2D eigenvalue weighted by atomic mass is 10.0. The van der Waals surface area contributed by atoms with E-state index in [2.05, 4.69) is 19.2 Å². The Morgan fingerprint density at radius 3 is 2.60 bits per heavy atom. The van der Waals surface area contributed by atoms with Crippen LogP contribution in [0, 0.1) is 5.92 Å². The number of nitrogens with zero attached hydrogens (tertiary/aromatic N) is 1. The van der Waals surface area contributed by atoms with Crippen LogP contribution in [0.4, 0.5) is 0 Å². The summed E-state index contributed by atoms with van der Waals surface area (Å²) in [6, 6.07) is 0.227. The number of amides is 2. The molecule has 1 unspecified atom stereocenters. The predicted octanol–water partition coefficient (Wildman–Crippen LogP) is 0.769. The molecule has 0 aromatic rings. The summed E-state index contributed by atoms with van der Waals surface area (Å²) >= 11 is 0. The van der Waals surface area contributed by atoms with Gasteiger partial charge < -0.3 is 10.2 Å². The minimum Gasteiger partial charge on any atom is -0.347 e. The summed E-state index contributed by atoms with van der Waals surface area (Å²) in [5, 5.41) is 2.60. The van der Waals surface area contributed by atoms with Gasteiger partial charge in [0.25, 0.3) is 0 Å². The van der Waals surface area contributed by atoms with E-state index in [1.165, 1.54) is 0 Å². The van der Waals surface area contributed by atoms with Crippen LogP contribution >= 0.6 is 0 Å². The molecule has 1 heterocycles. The van der Waals surface area contributed by atoms with Crippen molar-refractivity contribution in [2.45, 2.75) is 39.7 Å². The first-order valence-electron chi connectivity index (χ1n) is 5.57. The van der Waals surface area contributed by atoms with Crippen molar-refractivity contribution in [2.75, 3.05) is 13.1 Å². The minimum absolute atomic E-state index is 0.0254. The van der Waals surface area contributed by atoms with Crippen molar-refractivity contribution in [3.8, 4) is 0 Å². The predicted molar refractivity (Wildman–Crippen MR) is 58.3 cm³/mol. The number of nitrogens with one attached hydrogen (secondary N) is 1. The molecule has 0 radical (unpaired) electrons. The number of hydrogen-bond donors (Lipinski definition) is 1. The first-order valence-corrected chi connectivity index (χ1v) is 5.57. The van der Waals surface area contributed by atoms with Gasteiger partial charge in [0, 0.05) is 19.0 Å². The van der Waals surface area contributed by atoms with Gasteiger partial charge in [0.2, 0.25) is 11.8 Å². The number of rotatable bonds is 3. The maximum Gasteiger partial charge on any atom is 0.242 e. The highest BCUT2D eigenvalue weighted by Crippen LogP contribution is 2.12. The minimum atomic E-state index is -0.0254. The lowest BCUT2D eigenvalue weighted by molar-refractivity contribution is -0.132. The first kappa shape index (κ1) is 12.0. The van der Waals surface area contributed by atoms with Crippen LogP contribution in [-0.2, 0) is 9.59 Å². The highest BCUT2D eigenvalue weighted by atomic mass is 16.2. The standard InChI is InChI=1S/C11H20N2O2/c1-8(2)6-9(3)13-5-4-10(14)12-7-11(13)15/h8-9H,4-7H2,1-3H3,(H,12,14). The average Bonchev–Trinajstić information content (AvgIpc) is 2.28. The molecular formula is C11H20N2O2. The van der Waals surface area contributed by atoms with Crippen LogP contribution < -0.4 is 5.32 Å². The number of carbonyl (C=O) groups excluding carboxylic acids is 2. The summed E-state index contributed by atoms with van der Waals surface area (Å²) < 4.78 is 0. The van der Waals surface area contributed by atoms with E-state index in [1.54, 1.807) is 0 Å². The molecule has 4 heteroatoms. The second kappa shape index (κ2) is 5.14. The molecule has 0 aromatic carbocycles. The Morgan fingerprint density at radius 2 is 2.00 bits per heavy atom. The van der Waals surface area contributed by atoms with Gasteiger partial charge in [0.1, 0.15) is 0 Å². The van der Waals surface area contributed by atoms with Gasteiger partial charge in [-0.25, -0.2) is 0 Å². The van der Waals surface area contributed by atoms with Crippen LogP contribution in [0.2, 0.25) is 0 Å². The Bertz CT molecular complexity index is 251. The summed E-state index contributed by atoms with van der Waals surface area (Å²) in [5.41, 5.74) is 0. The van der Waals surface area contributed by atoms with Gasteiger partial charge in [-0.05, 0) is 19.3 Å². The topological polar surface area (TPSA) is 49.4 Å². The first-order chi connectivity index (χ1) is 7.00. The molecule has 1 N–H and O–H groups in total. The smallest absolute Gasteiger partial charge is 0.242 e. The van der Waals surface area contributed by atoms with Crippen LogP contribution in [0.5, 0.6) is 0 Å². The van der Waals surface area contributed by atoms with Gasteiger partial charge in [-0.15, -0.1) is 0 Å². The van der Waals surface area contributed by atoms with E-state index >= 15 is 0 Å². The maximum absolute atomic E-state index is 11.7. The Morgan fingerprint density at radius 1 is 1.33 bits per heavy atom. The third-order valence-electron chi connectivity index (χ3n) is 2.68. The van der Waals surface area contributed by atoms with Crippen molar-refractivity contribution >= 4 is 11.8 Å². The van der Waals surface area contributed by atoms with Crippen molar-refractivity contribution in [3.05, 3.63) is 0 Å². The molecule has 0 spiro atoms. The lowest BCUT2D eigenvalue weighted by Gasteiger charge is -2.28. The molecule has 1 saturated heterocycles. The van der Waals surface area contributed by atoms with Gasteiger partial charge in [-0.3, -0.25) is 9.59 Å². The SMILES string of the molecule is CC(C)CC(C)N1CCC(=O)NCC1=O. The largest absolute Gasteiger partial charge is 0.347 e. The zero-order valence-electron chi connectivity index (χ0n) is 9.75. The molecule has 1 aliphatic rings. The fraction of sp³-hybridized carbons (Fsp3) is 0.818. The second-order valence-corrected chi connectivity index (χ2v) is 4.59. The average molecular weight is 212 g/mol. The molecule has 0 bridgehead atoms. The maximum atomic E-state index is 11.7. The van der Waals surface area contributed by atoms with E-state index in [9.17, 15) is 9.59 Å². The molecule has 0 saturated carbocycles. The Hall–Kier alpha value is -1.06. The highest BCUT2D eigenvalue weighted by molar-refractivity contribution is 5.87. The summed E-state index contributed by atoms with van der Waals surface area (Å²) in [4.78, 5) is 24.6. The van der Waals surface area contributed by atoms with Gasteiger partial charge in [-0.2, -0.15) is 0 Å². The lowest BCUT2D eigenvalue weighted by Crippen LogP contribution is -2.41. The van der Waals surface area contributed by atoms with Gasteiger partial charge in [0.05, 0.1) is 6.54 Å². The fourth-order valence-corrected chi connectivity index (χ4v) is 1.99. The summed E-state index contributed by atoms with van der Waals surface area (Å²) in [6.07, 6.45) is 1.41. The highest BCUT2D eigenvalue weighted by Gasteiger charge is 2.24. The molecule has 2 amide bonds. The van der Waals surface area contributed by atoms with Crippen molar-refractivity contribution in [2.24, 2.45) is 5.92 Å². The van der Waals surface area contributed by atoms with Gasteiger partial charge >= 0.3 is 0 Å². The molecule has 1 atom stereocenters. The van der Waals surface area contributed by atoms with E-state index in [1.807, 2.05) is 11.8 Å². The summed E-state index contributed by atoms with van der Waals surface area (Å²) in [6.45, 7) is 7.04. The quantitative estimate of drug-likeness (QED) is 0.751. The zero-order valence-corrected chi connectivity index (χ0v) is 9.75. The Kier molecular flexibility index (Phi) is 4.12. The molecule has 1 fully saturated rings. The molecule has 1 aliphatic heterocycles. The van der Waals surface area contributed by atoms with Crippen LogP contribution in [0.3, 0.4) is 0 Å². The van der Waals surface area contributed by atoms with Crippen molar-refractivity contribution in [1.29, 1.82) is 0 Å². The van der Waals surface area contributed by atoms with Crippen LogP contribution in [0.25, 0.3) is 0 Å². The monoisotopic (exact) mass is 212 g/mol. The van der Waals surface area contributed by atoms with E-state index in [-0.39, 0.29) is 24.4 Å². The second-order valence-electron chi connectivity index (χ2n) is 4.59. The van der Waals surface area contributed by atoms with Crippen molar-refractivity contribution in [1.82, 2.24) is 10.2 Å². The van der Waals surface area contributed by atoms with Crippen LogP contribution in [0.15, 0.2) is 0 Å². The van der Waals surface area contributed by atoms with Gasteiger partial charge in [0.15, 0.2) is 0 Å². The Labute approximate surface area is 91.0 Å². The van der Waals surface area contributed by atoms with E-state index < -0.39 is 0 Å². The molecule has 86 valence electrons. The van der Waals surface area contributed by atoms with Gasteiger partial charge in [-0.1, -0.05) is 13.8 Å². The molecule has 15 heavy (non-hydrogen) atoms. The van der Waals surface area contributed by atoms with E-state index in [4.69, 9.17) is 0 Å². The zero-order chi connectivity index (χ0) is 11.4. The summed E-state index contributed by atoms with van der Waals surface area (Å²) in [7, 11) is 0. The van der Waals surface area contributed by atoms with Crippen LogP contribution in [0.1, 0.15) is 33.6 Å². The van der Waals surface area contributed by atoms with E-state index in [0.717, 1.165) is 6.42 Å². The van der Waals surface area contributed by atoms with Crippen molar-refractivity contribution in [3.63, 3.8) is 0 Å². The third-order valence-corrected chi connectivity index (χ3v) is 2.68. The molecule has 4 nitrogen and oxygen atoms in total. The number of hydrogen-bond acceptors (Lipinski definition) is 2. The van der Waals surface area contributed by atoms with Crippen molar-refractivity contribution < 1.29 is 9.59 Å². The van der Waals surface area contributed by atoms with Crippen LogP contribution in [-0.4, -0.2) is 35.8 Å².